The van der Waals surface area contributed by atoms with Crippen LogP contribution in [0.15, 0.2) is 47.5 Å². The number of nitrogens with zero attached hydrogens (tertiary/aromatic N) is 1. The molecule has 2 heteroatoms. The van der Waals surface area contributed by atoms with Crippen LogP contribution < -0.4 is 0 Å². The van der Waals surface area contributed by atoms with Crippen LogP contribution in [0.1, 0.15) is 30.6 Å². The lowest BCUT2D eigenvalue weighted by Crippen LogP contribution is -2.00. The number of carbonyl (C=O) groups is 1. The third kappa shape index (κ3) is 3.75. The quantitative estimate of drug-likeness (QED) is 0.581. The van der Waals surface area contributed by atoms with E-state index in [2.05, 4.69) is 18.8 Å². The first-order valence-corrected chi connectivity index (χ1v) is 6.67. The fourth-order valence-electron chi connectivity index (χ4n) is 1.91. The van der Waals surface area contributed by atoms with Crippen molar-refractivity contribution >= 4 is 22.8 Å². The van der Waals surface area contributed by atoms with E-state index in [1.807, 2.05) is 42.5 Å². The Hall–Kier alpha value is -1.96. The van der Waals surface area contributed by atoms with Gasteiger partial charge in [-0.3, -0.25) is 9.79 Å². The van der Waals surface area contributed by atoms with Crippen molar-refractivity contribution in [3.63, 3.8) is 0 Å². The van der Waals surface area contributed by atoms with Gasteiger partial charge in [0.05, 0.1) is 0 Å². The number of benzene rings is 2. The zero-order chi connectivity index (χ0) is 13.7. The van der Waals surface area contributed by atoms with Gasteiger partial charge in [0.2, 0.25) is 0 Å². The number of Topliss-reactive ketones (excluding diaryl/α,β-unsaturated/α-hetero) is 1. The maximum Gasteiger partial charge on any atom is 0.168 e. The molecule has 0 aliphatic heterocycles. The van der Waals surface area contributed by atoms with Crippen molar-refractivity contribution in [3.8, 4) is 0 Å². The Morgan fingerprint density at radius 2 is 1.89 bits per heavy atom. The molecule has 0 heterocycles. The van der Waals surface area contributed by atoms with E-state index in [-0.39, 0.29) is 5.78 Å². The Balaban J connectivity index is 2.07. The second-order valence-electron chi connectivity index (χ2n) is 5.13. The average Bonchev–Trinajstić information content (AvgIpc) is 2.42. The molecule has 98 valence electrons. The second kappa shape index (κ2) is 6.28. The van der Waals surface area contributed by atoms with Gasteiger partial charge in [-0.05, 0) is 22.8 Å². The molecule has 0 N–H and O–H groups in total. The Labute approximate surface area is 114 Å². The lowest BCUT2D eigenvalue weighted by molar-refractivity contribution is 0.100. The van der Waals surface area contributed by atoms with Gasteiger partial charge in [-0.15, -0.1) is 0 Å². The summed E-state index contributed by atoms with van der Waals surface area (Å²) in [6, 6.07) is 13.9. The standard InChI is InChI=1S/C17H19NO/c1-13(2)12-18-10-9-17(19)16-8-7-14-5-3-4-6-15(14)11-16/h3-8,10-11,13H,9,12H2,1-2H3. The summed E-state index contributed by atoms with van der Waals surface area (Å²) in [5, 5.41) is 2.26. The predicted octanol–water partition coefficient (Wildman–Crippen LogP) is 4.14. The van der Waals surface area contributed by atoms with E-state index < -0.39 is 0 Å². The van der Waals surface area contributed by atoms with Crippen molar-refractivity contribution in [1.82, 2.24) is 0 Å². The van der Waals surface area contributed by atoms with Crippen molar-refractivity contribution in [2.45, 2.75) is 20.3 Å². The van der Waals surface area contributed by atoms with Crippen molar-refractivity contribution in [1.29, 1.82) is 0 Å². The molecule has 0 amide bonds. The van der Waals surface area contributed by atoms with Gasteiger partial charge in [-0.2, -0.15) is 0 Å². The van der Waals surface area contributed by atoms with Gasteiger partial charge in [-0.25, -0.2) is 0 Å². The molecule has 0 atom stereocenters. The molecule has 0 bridgehead atoms. The summed E-state index contributed by atoms with van der Waals surface area (Å²) in [5.41, 5.74) is 0.759. The summed E-state index contributed by atoms with van der Waals surface area (Å²) in [6.45, 7) is 5.01. The van der Waals surface area contributed by atoms with Crippen LogP contribution in [-0.4, -0.2) is 18.5 Å². The summed E-state index contributed by atoms with van der Waals surface area (Å²) in [7, 11) is 0. The molecule has 0 spiro atoms. The zero-order valence-electron chi connectivity index (χ0n) is 11.5. The van der Waals surface area contributed by atoms with Crippen LogP contribution >= 0.6 is 0 Å². The van der Waals surface area contributed by atoms with Crippen LogP contribution in [0.2, 0.25) is 0 Å². The molecule has 0 unspecified atom stereocenters. The molecule has 19 heavy (non-hydrogen) atoms. The fourth-order valence-corrected chi connectivity index (χ4v) is 1.91. The number of rotatable bonds is 5. The van der Waals surface area contributed by atoms with Crippen LogP contribution in [0, 0.1) is 5.92 Å². The van der Waals surface area contributed by atoms with E-state index in [9.17, 15) is 4.79 Å². The molecule has 0 aliphatic carbocycles. The average molecular weight is 253 g/mol. The second-order valence-corrected chi connectivity index (χ2v) is 5.13. The number of hydrogen-bond donors (Lipinski definition) is 0. The normalized spacial score (nSPS) is 11.5. The maximum absolute atomic E-state index is 12.0. The van der Waals surface area contributed by atoms with Crippen LogP contribution in [0.3, 0.4) is 0 Å². The van der Waals surface area contributed by atoms with Gasteiger partial charge in [-0.1, -0.05) is 50.2 Å². The molecule has 2 nitrogen and oxygen atoms in total. The van der Waals surface area contributed by atoms with Crippen LogP contribution in [-0.2, 0) is 0 Å². The van der Waals surface area contributed by atoms with Gasteiger partial charge in [0.1, 0.15) is 0 Å². The highest BCUT2D eigenvalue weighted by atomic mass is 16.1. The maximum atomic E-state index is 12.0. The molecule has 0 radical (unpaired) electrons. The largest absolute Gasteiger partial charge is 0.297 e. The molecular formula is C17H19NO. The highest BCUT2D eigenvalue weighted by Gasteiger charge is 2.04. The number of hydrogen-bond acceptors (Lipinski definition) is 2. The Bertz CT molecular complexity index is 599. The molecular weight excluding hydrogens is 234 g/mol. The van der Waals surface area contributed by atoms with E-state index in [1.165, 1.54) is 0 Å². The highest BCUT2D eigenvalue weighted by Crippen LogP contribution is 2.16. The van der Waals surface area contributed by atoms with Crippen molar-refractivity contribution in [2.75, 3.05) is 6.54 Å². The molecule has 2 aromatic rings. The smallest absolute Gasteiger partial charge is 0.168 e. The first kappa shape index (κ1) is 13.5. The fraction of sp³-hybridized carbons (Fsp3) is 0.294. The third-order valence-electron chi connectivity index (χ3n) is 2.95. The Morgan fingerprint density at radius 3 is 2.63 bits per heavy atom. The minimum Gasteiger partial charge on any atom is -0.297 e. The van der Waals surface area contributed by atoms with Crippen molar-refractivity contribution in [3.05, 3.63) is 48.0 Å². The van der Waals surface area contributed by atoms with E-state index in [0.29, 0.717) is 12.3 Å². The molecule has 0 aromatic heterocycles. The minimum absolute atomic E-state index is 0.123. The monoisotopic (exact) mass is 253 g/mol. The number of fused-ring (bicyclic) bond motifs is 1. The Morgan fingerprint density at radius 1 is 1.16 bits per heavy atom. The molecule has 0 fully saturated rings. The number of ketones is 1. The van der Waals surface area contributed by atoms with Crippen LogP contribution in [0.4, 0.5) is 0 Å². The topological polar surface area (TPSA) is 29.4 Å². The van der Waals surface area contributed by atoms with Gasteiger partial charge in [0, 0.05) is 24.7 Å². The lowest BCUT2D eigenvalue weighted by atomic mass is 10.0. The zero-order valence-corrected chi connectivity index (χ0v) is 11.5. The van der Waals surface area contributed by atoms with Crippen molar-refractivity contribution < 1.29 is 4.79 Å². The molecule has 0 saturated heterocycles. The third-order valence-corrected chi connectivity index (χ3v) is 2.95. The summed E-state index contributed by atoms with van der Waals surface area (Å²) in [6.07, 6.45) is 2.11. The lowest BCUT2D eigenvalue weighted by Gasteiger charge is -2.01. The Kier molecular flexibility index (Phi) is 4.45. The highest BCUT2D eigenvalue weighted by molar-refractivity contribution is 6.05. The van der Waals surface area contributed by atoms with Gasteiger partial charge in [0.15, 0.2) is 5.78 Å². The van der Waals surface area contributed by atoms with Gasteiger partial charge in [0.25, 0.3) is 0 Å². The van der Waals surface area contributed by atoms with E-state index in [1.54, 1.807) is 6.21 Å². The van der Waals surface area contributed by atoms with E-state index >= 15 is 0 Å². The van der Waals surface area contributed by atoms with Gasteiger partial charge < -0.3 is 0 Å². The first-order chi connectivity index (χ1) is 9.16. The van der Waals surface area contributed by atoms with Crippen LogP contribution in [0.25, 0.3) is 10.8 Å². The van der Waals surface area contributed by atoms with Crippen LogP contribution in [0.5, 0.6) is 0 Å². The first-order valence-electron chi connectivity index (χ1n) is 6.67. The van der Waals surface area contributed by atoms with E-state index in [4.69, 9.17) is 0 Å². The molecule has 2 aromatic carbocycles. The van der Waals surface area contributed by atoms with Gasteiger partial charge >= 0.3 is 0 Å². The van der Waals surface area contributed by atoms with E-state index in [0.717, 1.165) is 22.9 Å². The minimum atomic E-state index is 0.123. The predicted molar refractivity (Wildman–Crippen MR) is 81.1 cm³/mol. The number of carbonyl (C=O) groups excluding carboxylic acids is 1. The molecule has 0 aliphatic rings. The number of aliphatic imine (C=N–C) groups is 1. The summed E-state index contributed by atoms with van der Waals surface area (Å²) in [5.74, 6) is 0.658. The summed E-state index contributed by atoms with van der Waals surface area (Å²) in [4.78, 5) is 16.3. The molecule has 0 saturated carbocycles. The summed E-state index contributed by atoms with van der Waals surface area (Å²) < 4.78 is 0. The SMILES string of the molecule is CC(C)CN=CCC(=O)c1ccc2ccccc2c1. The summed E-state index contributed by atoms with van der Waals surface area (Å²) >= 11 is 0. The molecule has 2 rings (SSSR count). The van der Waals surface area contributed by atoms with Crippen molar-refractivity contribution in [2.24, 2.45) is 10.9 Å².